The molecular weight excluding hydrogens is 236 g/mol. The number of benzene rings is 1. The van der Waals surface area contributed by atoms with Gasteiger partial charge in [0.05, 0.1) is 4.90 Å². The Morgan fingerprint density at radius 2 is 1.88 bits per heavy atom. The molecule has 1 atom stereocenters. The molecular formula is C12H20N2O2S. The number of hydrogen-bond donors (Lipinski definition) is 1. The maximum absolute atomic E-state index is 12.3. The predicted octanol–water partition coefficient (Wildman–Crippen LogP) is 1.74. The van der Waals surface area contributed by atoms with Gasteiger partial charge in [-0.25, -0.2) is 8.42 Å². The quantitative estimate of drug-likeness (QED) is 0.872. The largest absolute Gasteiger partial charge is 0.324 e. The Hall–Kier alpha value is -0.910. The van der Waals surface area contributed by atoms with Gasteiger partial charge in [-0.1, -0.05) is 26.0 Å². The van der Waals surface area contributed by atoms with Crippen molar-refractivity contribution in [3.8, 4) is 0 Å². The number of hydrogen-bond acceptors (Lipinski definition) is 3. The van der Waals surface area contributed by atoms with Crippen molar-refractivity contribution >= 4 is 10.0 Å². The summed E-state index contributed by atoms with van der Waals surface area (Å²) < 4.78 is 25.9. The first-order valence-corrected chi connectivity index (χ1v) is 7.23. The Morgan fingerprint density at radius 1 is 1.29 bits per heavy atom. The van der Waals surface area contributed by atoms with Crippen molar-refractivity contribution in [1.82, 2.24) is 4.31 Å². The molecule has 0 aliphatic heterocycles. The predicted molar refractivity (Wildman–Crippen MR) is 69.2 cm³/mol. The molecule has 0 bridgehead atoms. The molecule has 2 N–H and O–H groups in total. The zero-order chi connectivity index (χ0) is 13.1. The standard InChI is InChI=1S/C12H20N2O2S/c1-4-14(5-2)17(15,16)12-8-6-7-11(9-12)10(3)13/h6-10H,4-5,13H2,1-3H3/t10-/m0/s1. The van der Waals surface area contributed by atoms with Crippen molar-refractivity contribution in [2.45, 2.75) is 31.7 Å². The van der Waals surface area contributed by atoms with E-state index >= 15 is 0 Å². The molecule has 4 nitrogen and oxygen atoms in total. The van der Waals surface area contributed by atoms with E-state index in [0.29, 0.717) is 18.0 Å². The van der Waals surface area contributed by atoms with Crippen molar-refractivity contribution in [3.05, 3.63) is 29.8 Å². The lowest BCUT2D eigenvalue weighted by Gasteiger charge is -2.19. The lowest BCUT2D eigenvalue weighted by atomic mass is 10.1. The van der Waals surface area contributed by atoms with Crippen LogP contribution in [-0.4, -0.2) is 25.8 Å². The van der Waals surface area contributed by atoms with Gasteiger partial charge in [-0.2, -0.15) is 4.31 Å². The van der Waals surface area contributed by atoms with Crippen LogP contribution in [0.2, 0.25) is 0 Å². The van der Waals surface area contributed by atoms with Gasteiger partial charge < -0.3 is 5.73 Å². The summed E-state index contributed by atoms with van der Waals surface area (Å²) in [5, 5.41) is 0. The summed E-state index contributed by atoms with van der Waals surface area (Å²) >= 11 is 0. The van der Waals surface area contributed by atoms with E-state index in [-0.39, 0.29) is 6.04 Å². The molecule has 1 aromatic rings. The highest BCUT2D eigenvalue weighted by atomic mass is 32.2. The lowest BCUT2D eigenvalue weighted by molar-refractivity contribution is 0.445. The van der Waals surface area contributed by atoms with Crippen LogP contribution in [0.1, 0.15) is 32.4 Å². The van der Waals surface area contributed by atoms with Gasteiger partial charge in [0.25, 0.3) is 0 Å². The number of nitrogens with zero attached hydrogens (tertiary/aromatic N) is 1. The molecule has 96 valence electrons. The normalized spacial score (nSPS) is 13.9. The van der Waals surface area contributed by atoms with Crippen molar-refractivity contribution in [3.63, 3.8) is 0 Å². The molecule has 0 unspecified atom stereocenters. The van der Waals surface area contributed by atoms with E-state index in [0.717, 1.165) is 5.56 Å². The molecule has 0 saturated heterocycles. The van der Waals surface area contributed by atoms with Gasteiger partial charge in [0.1, 0.15) is 0 Å². The van der Waals surface area contributed by atoms with Gasteiger partial charge in [-0.05, 0) is 24.6 Å². The third kappa shape index (κ3) is 3.06. The van der Waals surface area contributed by atoms with Gasteiger partial charge in [0.2, 0.25) is 10.0 Å². The van der Waals surface area contributed by atoms with Gasteiger partial charge in [0.15, 0.2) is 0 Å². The Morgan fingerprint density at radius 3 is 2.35 bits per heavy atom. The second-order valence-corrected chi connectivity index (χ2v) is 5.89. The van der Waals surface area contributed by atoms with Gasteiger partial charge in [0, 0.05) is 19.1 Å². The molecule has 1 rings (SSSR count). The highest BCUT2D eigenvalue weighted by molar-refractivity contribution is 7.89. The average Bonchev–Trinajstić information content (AvgIpc) is 2.30. The fourth-order valence-electron chi connectivity index (χ4n) is 1.67. The molecule has 0 aromatic heterocycles. The first kappa shape index (κ1) is 14.2. The van der Waals surface area contributed by atoms with E-state index in [9.17, 15) is 8.42 Å². The van der Waals surface area contributed by atoms with Crippen molar-refractivity contribution in [2.75, 3.05) is 13.1 Å². The summed E-state index contributed by atoms with van der Waals surface area (Å²) in [6.07, 6.45) is 0. The van der Waals surface area contributed by atoms with Crippen LogP contribution in [0.15, 0.2) is 29.2 Å². The van der Waals surface area contributed by atoms with E-state index < -0.39 is 10.0 Å². The van der Waals surface area contributed by atoms with E-state index in [1.807, 2.05) is 26.8 Å². The summed E-state index contributed by atoms with van der Waals surface area (Å²) in [6, 6.07) is 6.67. The van der Waals surface area contributed by atoms with Crippen LogP contribution < -0.4 is 5.73 Å². The lowest BCUT2D eigenvalue weighted by Crippen LogP contribution is -2.30. The fraction of sp³-hybridized carbons (Fsp3) is 0.500. The molecule has 0 aliphatic carbocycles. The Labute approximate surface area is 103 Å². The fourth-order valence-corrected chi connectivity index (χ4v) is 3.18. The molecule has 17 heavy (non-hydrogen) atoms. The zero-order valence-corrected chi connectivity index (χ0v) is 11.4. The minimum absolute atomic E-state index is 0.165. The van der Waals surface area contributed by atoms with Crippen molar-refractivity contribution < 1.29 is 8.42 Å². The van der Waals surface area contributed by atoms with E-state index in [1.54, 1.807) is 18.2 Å². The van der Waals surface area contributed by atoms with Crippen LogP contribution in [0, 0.1) is 0 Å². The molecule has 0 amide bonds. The topological polar surface area (TPSA) is 63.4 Å². The number of rotatable bonds is 5. The monoisotopic (exact) mass is 256 g/mol. The highest BCUT2D eigenvalue weighted by Crippen LogP contribution is 2.19. The summed E-state index contributed by atoms with van der Waals surface area (Å²) in [5.41, 5.74) is 6.59. The summed E-state index contributed by atoms with van der Waals surface area (Å²) in [5.74, 6) is 0. The smallest absolute Gasteiger partial charge is 0.243 e. The molecule has 0 aliphatic rings. The minimum atomic E-state index is -3.38. The van der Waals surface area contributed by atoms with Crippen LogP contribution in [-0.2, 0) is 10.0 Å². The third-order valence-corrected chi connectivity index (χ3v) is 4.77. The molecule has 0 heterocycles. The second-order valence-electron chi connectivity index (χ2n) is 3.95. The van der Waals surface area contributed by atoms with Crippen molar-refractivity contribution in [2.24, 2.45) is 5.73 Å². The first-order valence-electron chi connectivity index (χ1n) is 5.79. The van der Waals surface area contributed by atoms with Crippen LogP contribution in [0.5, 0.6) is 0 Å². The van der Waals surface area contributed by atoms with E-state index in [2.05, 4.69) is 0 Å². The molecule has 0 spiro atoms. The summed E-state index contributed by atoms with van der Waals surface area (Å²) in [7, 11) is -3.38. The average molecular weight is 256 g/mol. The Balaban J connectivity index is 3.19. The van der Waals surface area contributed by atoms with E-state index in [4.69, 9.17) is 5.73 Å². The Kier molecular flexibility index (Phi) is 4.68. The molecule has 5 heteroatoms. The second kappa shape index (κ2) is 5.62. The minimum Gasteiger partial charge on any atom is -0.324 e. The summed E-state index contributed by atoms with van der Waals surface area (Å²) in [4.78, 5) is 0.316. The maximum atomic E-state index is 12.3. The zero-order valence-electron chi connectivity index (χ0n) is 10.6. The third-order valence-electron chi connectivity index (χ3n) is 2.73. The van der Waals surface area contributed by atoms with Crippen molar-refractivity contribution in [1.29, 1.82) is 0 Å². The summed E-state index contributed by atoms with van der Waals surface area (Å²) in [6.45, 7) is 6.44. The van der Waals surface area contributed by atoms with Crippen LogP contribution in [0.4, 0.5) is 0 Å². The Bertz CT molecular complexity index is 465. The van der Waals surface area contributed by atoms with Crippen LogP contribution >= 0.6 is 0 Å². The van der Waals surface area contributed by atoms with Gasteiger partial charge in [-0.3, -0.25) is 0 Å². The van der Waals surface area contributed by atoms with Gasteiger partial charge in [-0.15, -0.1) is 0 Å². The number of nitrogens with two attached hydrogens (primary N) is 1. The maximum Gasteiger partial charge on any atom is 0.243 e. The SMILES string of the molecule is CCN(CC)S(=O)(=O)c1cccc([C@H](C)N)c1. The van der Waals surface area contributed by atoms with E-state index in [1.165, 1.54) is 4.31 Å². The molecule has 0 saturated carbocycles. The van der Waals surface area contributed by atoms with Crippen LogP contribution in [0.3, 0.4) is 0 Å². The molecule has 0 radical (unpaired) electrons. The number of sulfonamides is 1. The molecule has 1 aromatic carbocycles. The van der Waals surface area contributed by atoms with Gasteiger partial charge >= 0.3 is 0 Å². The first-order chi connectivity index (χ1) is 7.93. The van der Waals surface area contributed by atoms with Crippen LogP contribution in [0.25, 0.3) is 0 Å². The molecule has 0 fully saturated rings. The highest BCUT2D eigenvalue weighted by Gasteiger charge is 2.21.